The lowest BCUT2D eigenvalue weighted by Gasteiger charge is -2.23. The van der Waals surface area contributed by atoms with Crippen molar-refractivity contribution in [3.63, 3.8) is 0 Å². The number of carbonyl (C=O) groups is 1. The molecule has 3 fully saturated rings. The number of rotatable bonds is 5. The molecule has 1 N–H and O–H groups in total. The van der Waals surface area contributed by atoms with Crippen molar-refractivity contribution in [2.45, 2.75) is 32.1 Å². The van der Waals surface area contributed by atoms with Gasteiger partial charge in [-0.15, -0.1) is 0 Å². The fourth-order valence-electron chi connectivity index (χ4n) is 5.05. The molecule has 2 bridgehead atoms. The van der Waals surface area contributed by atoms with E-state index in [-0.39, 0.29) is 0 Å². The number of amides is 1. The van der Waals surface area contributed by atoms with Crippen molar-refractivity contribution in [1.29, 1.82) is 0 Å². The zero-order valence-corrected chi connectivity index (χ0v) is 14.5. The molecule has 1 aromatic carbocycles. The topological polar surface area (TPSA) is 41.6 Å². The van der Waals surface area contributed by atoms with Crippen molar-refractivity contribution in [2.24, 2.45) is 23.7 Å². The van der Waals surface area contributed by atoms with E-state index in [1.54, 1.807) is 7.11 Å². The van der Waals surface area contributed by atoms with Crippen LogP contribution < -0.4 is 15.0 Å². The van der Waals surface area contributed by atoms with Gasteiger partial charge in [0.15, 0.2) is 0 Å². The highest BCUT2D eigenvalue weighted by atomic mass is 16.5. The lowest BCUT2D eigenvalue weighted by atomic mass is 9.88. The summed E-state index contributed by atoms with van der Waals surface area (Å²) in [6.07, 6.45) is 6.19. The van der Waals surface area contributed by atoms with E-state index in [0.29, 0.717) is 23.7 Å². The number of carbonyl (C=O) groups excluding carboxylic acids is 1. The van der Waals surface area contributed by atoms with Crippen LogP contribution in [0.1, 0.15) is 32.1 Å². The SMILES string of the molecule is COc1ccccc1N1CC[C@H](CNC(=O)[C@@H]2C[C@H]3CC[C@H]2C3)C1. The van der Waals surface area contributed by atoms with Gasteiger partial charge in [0.1, 0.15) is 5.75 Å². The molecule has 1 saturated heterocycles. The van der Waals surface area contributed by atoms with E-state index in [9.17, 15) is 4.79 Å². The molecule has 2 aliphatic carbocycles. The highest BCUT2D eigenvalue weighted by Crippen LogP contribution is 2.48. The largest absolute Gasteiger partial charge is 0.495 e. The van der Waals surface area contributed by atoms with Crippen LogP contribution in [0.25, 0.3) is 0 Å². The first-order chi connectivity index (χ1) is 11.7. The number of nitrogens with one attached hydrogen (secondary N) is 1. The second-order valence-electron chi connectivity index (χ2n) is 7.80. The van der Waals surface area contributed by atoms with E-state index in [1.807, 2.05) is 12.1 Å². The van der Waals surface area contributed by atoms with E-state index in [1.165, 1.54) is 24.9 Å². The molecular weight excluding hydrogens is 300 g/mol. The zero-order valence-electron chi connectivity index (χ0n) is 14.5. The van der Waals surface area contributed by atoms with E-state index >= 15 is 0 Å². The fraction of sp³-hybridized carbons (Fsp3) is 0.650. The predicted octanol–water partition coefficient (Wildman–Crippen LogP) is 3.07. The highest BCUT2D eigenvalue weighted by Gasteiger charge is 2.43. The number of anilines is 1. The van der Waals surface area contributed by atoms with E-state index < -0.39 is 0 Å². The summed E-state index contributed by atoms with van der Waals surface area (Å²) < 4.78 is 5.48. The van der Waals surface area contributed by atoms with Gasteiger partial charge >= 0.3 is 0 Å². The van der Waals surface area contributed by atoms with Crippen LogP contribution in [0.4, 0.5) is 5.69 Å². The summed E-state index contributed by atoms with van der Waals surface area (Å²) in [6.45, 7) is 2.85. The van der Waals surface area contributed by atoms with Crippen LogP contribution in [0.2, 0.25) is 0 Å². The minimum Gasteiger partial charge on any atom is -0.495 e. The Labute approximate surface area is 144 Å². The first-order valence-corrected chi connectivity index (χ1v) is 9.40. The summed E-state index contributed by atoms with van der Waals surface area (Å²) in [7, 11) is 1.72. The standard InChI is InChI=1S/C20H28N2O2/c1-24-19-5-3-2-4-18(19)22-9-8-15(13-22)12-21-20(23)17-11-14-6-7-16(17)10-14/h2-5,14-17H,6-13H2,1H3,(H,21,23)/t14-,15+,16-,17+/m0/s1. The van der Waals surface area contributed by atoms with Crippen LogP contribution >= 0.6 is 0 Å². The third kappa shape index (κ3) is 2.99. The number of methoxy groups -OCH3 is 1. The number of hydrogen-bond acceptors (Lipinski definition) is 3. The molecule has 4 rings (SSSR count). The molecule has 4 heteroatoms. The molecule has 130 valence electrons. The van der Waals surface area contributed by atoms with Gasteiger partial charge in [0, 0.05) is 25.6 Å². The number of para-hydroxylation sites is 2. The Balaban J connectivity index is 1.29. The van der Waals surface area contributed by atoms with Crippen molar-refractivity contribution in [3.05, 3.63) is 24.3 Å². The molecule has 3 aliphatic rings. The van der Waals surface area contributed by atoms with Gasteiger partial charge in [0.05, 0.1) is 12.8 Å². The van der Waals surface area contributed by atoms with E-state index in [0.717, 1.165) is 44.1 Å². The number of benzene rings is 1. The van der Waals surface area contributed by atoms with Crippen LogP contribution in [-0.4, -0.2) is 32.7 Å². The monoisotopic (exact) mass is 328 g/mol. The summed E-state index contributed by atoms with van der Waals surface area (Å²) in [5, 5.41) is 3.26. The summed E-state index contributed by atoms with van der Waals surface area (Å²) in [5.74, 6) is 3.59. The van der Waals surface area contributed by atoms with E-state index in [4.69, 9.17) is 4.74 Å². The fourth-order valence-corrected chi connectivity index (χ4v) is 5.05. The van der Waals surface area contributed by atoms with Crippen molar-refractivity contribution in [2.75, 3.05) is 31.6 Å². The van der Waals surface area contributed by atoms with Gasteiger partial charge in [-0.3, -0.25) is 4.79 Å². The second-order valence-corrected chi connectivity index (χ2v) is 7.80. The molecule has 0 spiro atoms. The van der Waals surface area contributed by atoms with Crippen LogP contribution in [0.3, 0.4) is 0 Å². The molecule has 0 radical (unpaired) electrons. The van der Waals surface area contributed by atoms with Gasteiger partial charge in [-0.2, -0.15) is 0 Å². The first-order valence-electron chi connectivity index (χ1n) is 9.40. The zero-order chi connectivity index (χ0) is 16.5. The minimum atomic E-state index is 0.301. The molecule has 1 aromatic rings. The minimum absolute atomic E-state index is 0.301. The summed E-state index contributed by atoms with van der Waals surface area (Å²) in [5.41, 5.74) is 1.17. The van der Waals surface area contributed by atoms with Crippen molar-refractivity contribution in [1.82, 2.24) is 5.32 Å². The first kappa shape index (κ1) is 15.8. The summed E-state index contributed by atoms with van der Waals surface area (Å²) in [4.78, 5) is 14.9. The Hall–Kier alpha value is -1.71. The van der Waals surface area contributed by atoms with Gasteiger partial charge in [0.25, 0.3) is 0 Å². The Morgan fingerprint density at radius 2 is 2.12 bits per heavy atom. The molecule has 4 atom stereocenters. The Morgan fingerprint density at radius 3 is 2.88 bits per heavy atom. The van der Waals surface area contributed by atoms with E-state index in [2.05, 4.69) is 22.3 Å². The molecule has 24 heavy (non-hydrogen) atoms. The third-order valence-corrected chi connectivity index (χ3v) is 6.35. The van der Waals surface area contributed by atoms with Crippen molar-refractivity contribution in [3.8, 4) is 5.75 Å². The van der Waals surface area contributed by atoms with Crippen LogP contribution in [0, 0.1) is 23.7 Å². The maximum atomic E-state index is 12.5. The molecule has 0 aromatic heterocycles. The predicted molar refractivity (Wildman–Crippen MR) is 95.3 cm³/mol. The molecule has 2 saturated carbocycles. The van der Waals surface area contributed by atoms with Crippen LogP contribution in [0.15, 0.2) is 24.3 Å². The molecule has 1 heterocycles. The molecular formula is C20H28N2O2. The van der Waals surface area contributed by atoms with Crippen LogP contribution in [0.5, 0.6) is 5.75 Å². The average molecular weight is 328 g/mol. The summed E-state index contributed by atoms with van der Waals surface area (Å²) >= 11 is 0. The number of nitrogens with zero attached hydrogens (tertiary/aromatic N) is 1. The number of ether oxygens (including phenoxy) is 1. The lowest BCUT2D eigenvalue weighted by molar-refractivity contribution is -0.126. The third-order valence-electron chi connectivity index (χ3n) is 6.35. The maximum absolute atomic E-state index is 12.5. The Kier molecular flexibility index (Phi) is 4.38. The van der Waals surface area contributed by atoms with Crippen molar-refractivity contribution < 1.29 is 9.53 Å². The Morgan fingerprint density at radius 1 is 1.25 bits per heavy atom. The molecule has 1 aliphatic heterocycles. The quantitative estimate of drug-likeness (QED) is 0.903. The molecule has 4 nitrogen and oxygen atoms in total. The normalized spacial score (nSPS) is 31.5. The van der Waals surface area contributed by atoms with Gasteiger partial charge in [0.2, 0.25) is 5.91 Å². The second kappa shape index (κ2) is 6.66. The Bertz CT molecular complexity index is 603. The van der Waals surface area contributed by atoms with Crippen LogP contribution in [-0.2, 0) is 4.79 Å². The maximum Gasteiger partial charge on any atom is 0.223 e. The molecule has 1 amide bonds. The average Bonchev–Trinajstić information content (AvgIpc) is 3.36. The van der Waals surface area contributed by atoms with Gasteiger partial charge in [-0.1, -0.05) is 18.6 Å². The molecule has 0 unspecified atom stereocenters. The highest BCUT2D eigenvalue weighted by molar-refractivity contribution is 5.79. The summed E-state index contributed by atoms with van der Waals surface area (Å²) in [6, 6.07) is 8.20. The van der Waals surface area contributed by atoms with Gasteiger partial charge in [-0.05, 0) is 55.6 Å². The lowest BCUT2D eigenvalue weighted by Crippen LogP contribution is -2.37. The number of fused-ring (bicyclic) bond motifs is 2. The smallest absolute Gasteiger partial charge is 0.223 e. The van der Waals surface area contributed by atoms with Crippen molar-refractivity contribution >= 4 is 11.6 Å². The number of hydrogen-bond donors (Lipinski definition) is 1. The van der Waals surface area contributed by atoms with Gasteiger partial charge in [-0.25, -0.2) is 0 Å². The van der Waals surface area contributed by atoms with Gasteiger partial charge < -0.3 is 15.0 Å².